The van der Waals surface area contributed by atoms with Gasteiger partial charge in [-0.15, -0.1) is 10.2 Å². The zero-order valence-corrected chi connectivity index (χ0v) is 9.84. The van der Waals surface area contributed by atoms with E-state index in [0.29, 0.717) is 6.42 Å². The number of thioether (sulfide) groups is 1. The van der Waals surface area contributed by atoms with E-state index < -0.39 is 0 Å². The van der Waals surface area contributed by atoms with Crippen molar-refractivity contribution in [2.45, 2.75) is 30.7 Å². The highest BCUT2D eigenvalue weighted by Gasteiger charge is 2.19. The van der Waals surface area contributed by atoms with Gasteiger partial charge in [-0.3, -0.25) is 10.2 Å². The van der Waals surface area contributed by atoms with Crippen LogP contribution in [0.3, 0.4) is 0 Å². The van der Waals surface area contributed by atoms with E-state index >= 15 is 0 Å². The van der Waals surface area contributed by atoms with E-state index in [9.17, 15) is 4.79 Å². The minimum atomic E-state index is -0.225. The van der Waals surface area contributed by atoms with Gasteiger partial charge in [0.1, 0.15) is 5.82 Å². The molecule has 0 radical (unpaired) electrons. The van der Waals surface area contributed by atoms with Crippen molar-refractivity contribution in [2.24, 2.45) is 12.9 Å². The Balaban J connectivity index is 2.75. The Morgan fingerprint density at radius 3 is 2.73 bits per heavy atom. The van der Waals surface area contributed by atoms with Crippen molar-refractivity contribution in [2.75, 3.05) is 0 Å². The van der Waals surface area contributed by atoms with E-state index in [1.54, 1.807) is 0 Å². The van der Waals surface area contributed by atoms with Crippen molar-refractivity contribution in [3.8, 4) is 0 Å². The molecule has 0 saturated heterocycles. The Labute approximate surface area is 92.6 Å². The zero-order chi connectivity index (χ0) is 11.4. The molecule has 0 saturated carbocycles. The van der Waals surface area contributed by atoms with E-state index in [0.717, 1.165) is 11.0 Å². The van der Waals surface area contributed by atoms with Crippen molar-refractivity contribution >= 4 is 17.7 Å². The first-order valence-electron chi connectivity index (χ1n) is 4.63. The lowest BCUT2D eigenvalue weighted by Gasteiger charge is -2.11. The molecule has 0 aromatic carbocycles. The fourth-order valence-corrected chi connectivity index (χ4v) is 2.01. The van der Waals surface area contributed by atoms with Gasteiger partial charge in [0, 0.05) is 7.05 Å². The average Bonchev–Trinajstić information content (AvgIpc) is 2.56. The van der Waals surface area contributed by atoms with Crippen molar-refractivity contribution in [1.29, 1.82) is 0 Å². The van der Waals surface area contributed by atoms with E-state index in [1.807, 2.05) is 25.5 Å². The topological polar surface area (TPSA) is 85.8 Å². The molecule has 0 aliphatic carbocycles. The largest absolute Gasteiger partial charge is 0.309 e. The number of aromatic nitrogens is 3. The van der Waals surface area contributed by atoms with Gasteiger partial charge in [-0.1, -0.05) is 18.7 Å². The fraction of sp³-hybridized carbons (Fsp3) is 0.625. The van der Waals surface area contributed by atoms with Crippen LogP contribution in [0.25, 0.3) is 0 Å². The highest BCUT2D eigenvalue weighted by atomic mass is 32.2. The molecule has 0 fully saturated rings. The number of carbonyl (C=O) groups is 1. The number of nitrogens with one attached hydrogen (secondary N) is 1. The third-order valence-corrected chi connectivity index (χ3v) is 3.50. The predicted octanol–water partition coefficient (Wildman–Crippen LogP) is -0.0159. The smallest absolute Gasteiger partial charge is 0.247 e. The van der Waals surface area contributed by atoms with Crippen molar-refractivity contribution in [3.05, 3.63) is 5.82 Å². The van der Waals surface area contributed by atoms with Crippen LogP contribution in [-0.2, 0) is 11.8 Å². The summed E-state index contributed by atoms with van der Waals surface area (Å²) < 4.78 is 1.84. The quantitative estimate of drug-likeness (QED) is 0.328. The molecule has 84 valence electrons. The summed E-state index contributed by atoms with van der Waals surface area (Å²) in [5, 5.41) is 8.39. The number of carbonyl (C=O) groups excluding carboxylic acids is 1. The van der Waals surface area contributed by atoms with Crippen LogP contribution in [0.4, 0.5) is 0 Å². The van der Waals surface area contributed by atoms with Crippen LogP contribution >= 0.6 is 11.8 Å². The van der Waals surface area contributed by atoms with Crippen molar-refractivity contribution in [3.63, 3.8) is 0 Å². The molecule has 3 N–H and O–H groups in total. The van der Waals surface area contributed by atoms with Crippen molar-refractivity contribution < 1.29 is 4.79 Å². The molecule has 0 aliphatic rings. The summed E-state index contributed by atoms with van der Waals surface area (Å²) in [5.41, 5.74) is 2.15. The third kappa shape index (κ3) is 2.69. The first-order valence-corrected chi connectivity index (χ1v) is 5.51. The number of hydrogen-bond donors (Lipinski definition) is 2. The van der Waals surface area contributed by atoms with Crippen LogP contribution in [0.2, 0.25) is 0 Å². The number of nitrogens with two attached hydrogens (primary N) is 1. The zero-order valence-electron chi connectivity index (χ0n) is 9.02. The van der Waals surface area contributed by atoms with Crippen LogP contribution in [0.5, 0.6) is 0 Å². The molecule has 1 aromatic heterocycles. The number of rotatable bonds is 4. The molecule has 1 aromatic rings. The second kappa shape index (κ2) is 5.13. The standard InChI is InChI=1S/C8H15N5OS/c1-4-6(7(14)10-9)15-8-12-11-5(2)13(8)3/h6H,4,9H2,1-3H3,(H,10,14). The Morgan fingerprint density at radius 1 is 1.67 bits per heavy atom. The molecular formula is C8H15N5OS. The molecular weight excluding hydrogens is 214 g/mol. The van der Waals surface area contributed by atoms with Gasteiger partial charge in [0.2, 0.25) is 5.91 Å². The molecule has 1 unspecified atom stereocenters. The second-order valence-corrected chi connectivity index (χ2v) is 4.28. The van der Waals surface area contributed by atoms with Gasteiger partial charge in [-0.25, -0.2) is 5.84 Å². The van der Waals surface area contributed by atoms with Gasteiger partial charge in [-0.05, 0) is 13.3 Å². The maximum atomic E-state index is 11.4. The minimum absolute atomic E-state index is 0.192. The summed E-state index contributed by atoms with van der Waals surface area (Å²) in [7, 11) is 1.87. The van der Waals surface area contributed by atoms with Crippen LogP contribution in [0, 0.1) is 6.92 Å². The number of hydrazine groups is 1. The summed E-state index contributed by atoms with van der Waals surface area (Å²) in [5.74, 6) is 5.72. The Bertz CT molecular complexity index is 351. The number of hydrogen-bond acceptors (Lipinski definition) is 5. The number of aryl methyl sites for hydroxylation is 1. The van der Waals surface area contributed by atoms with Gasteiger partial charge in [0.05, 0.1) is 5.25 Å². The molecule has 1 rings (SSSR count). The van der Waals surface area contributed by atoms with E-state index in [1.165, 1.54) is 11.8 Å². The summed E-state index contributed by atoms with van der Waals surface area (Å²) in [6.45, 7) is 3.79. The van der Waals surface area contributed by atoms with E-state index in [-0.39, 0.29) is 11.2 Å². The molecule has 1 heterocycles. The molecule has 0 spiro atoms. The number of amides is 1. The molecule has 7 heteroatoms. The van der Waals surface area contributed by atoms with E-state index in [4.69, 9.17) is 5.84 Å². The normalized spacial score (nSPS) is 12.5. The monoisotopic (exact) mass is 229 g/mol. The van der Waals surface area contributed by atoms with Gasteiger partial charge >= 0.3 is 0 Å². The fourth-order valence-electron chi connectivity index (χ4n) is 1.03. The molecule has 1 atom stereocenters. The summed E-state index contributed by atoms with van der Waals surface area (Å²) in [4.78, 5) is 11.4. The lowest BCUT2D eigenvalue weighted by atomic mass is 10.3. The number of nitrogens with zero attached hydrogens (tertiary/aromatic N) is 3. The first kappa shape index (κ1) is 12.0. The average molecular weight is 229 g/mol. The van der Waals surface area contributed by atoms with Crippen LogP contribution in [-0.4, -0.2) is 25.9 Å². The highest BCUT2D eigenvalue weighted by molar-refractivity contribution is 8.00. The van der Waals surface area contributed by atoms with E-state index in [2.05, 4.69) is 15.6 Å². The molecule has 6 nitrogen and oxygen atoms in total. The lowest BCUT2D eigenvalue weighted by molar-refractivity contribution is -0.120. The summed E-state index contributed by atoms with van der Waals surface area (Å²) >= 11 is 1.37. The van der Waals surface area contributed by atoms with Crippen LogP contribution in [0.1, 0.15) is 19.2 Å². The minimum Gasteiger partial charge on any atom is -0.309 e. The molecule has 15 heavy (non-hydrogen) atoms. The molecule has 0 bridgehead atoms. The molecule has 0 aliphatic heterocycles. The Hall–Kier alpha value is -1.08. The first-order chi connectivity index (χ1) is 7.10. The SMILES string of the molecule is CCC(Sc1nnc(C)n1C)C(=O)NN. The van der Waals surface area contributed by atoms with Gasteiger partial charge in [0.15, 0.2) is 5.16 Å². The Morgan fingerprint density at radius 2 is 2.33 bits per heavy atom. The maximum absolute atomic E-state index is 11.4. The predicted molar refractivity (Wildman–Crippen MR) is 58.0 cm³/mol. The van der Waals surface area contributed by atoms with Crippen molar-refractivity contribution in [1.82, 2.24) is 20.2 Å². The second-order valence-electron chi connectivity index (χ2n) is 3.11. The van der Waals surface area contributed by atoms with Crippen LogP contribution in [0.15, 0.2) is 5.16 Å². The Kier molecular flexibility index (Phi) is 4.10. The third-order valence-electron chi connectivity index (χ3n) is 2.11. The summed E-state index contributed by atoms with van der Waals surface area (Å²) in [6, 6.07) is 0. The van der Waals surface area contributed by atoms with Gasteiger partial charge in [0.25, 0.3) is 0 Å². The van der Waals surface area contributed by atoms with Gasteiger partial charge in [-0.2, -0.15) is 0 Å². The highest BCUT2D eigenvalue weighted by Crippen LogP contribution is 2.23. The lowest BCUT2D eigenvalue weighted by Crippen LogP contribution is -2.37. The molecule has 1 amide bonds. The van der Waals surface area contributed by atoms with Gasteiger partial charge < -0.3 is 4.57 Å². The summed E-state index contributed by atoms with van der Waals surface area (Å²) in [6.07, 6.45) is 0.694. The maximum Gasteiger partial charge on any atom is 0.247 e. The van der Waals surface area contributed by atoms with Crippen LogP contribution < -0.4 is 11.3 Å².